The van der Waals surface area contributed by atoms with E-state index in [0.29, 0.717) is 5.78 Å². The summed E-state index contributed by atoms with van der Waals surface area (Å²) >= 11 is 3.81. The molecular weight excluding hydrogens is 248 g/mol. The van der Waals surface area contributed by atoms with Crippen molar-refractivity contribution in [1.29, 1.82) is 0 Å². The smallest absolute Gasteiger partial charge is 0.202 e. The van der Waals surface area contributed by atoms with E-state index in [0.717, 1.165) is 25.7 Å². The van der Waals surface area contributed by atoms with Gasteiger partial charge >= 0.3 is 0 Å². The molecular formula is C14H24O3S. The van der Waals surface area contributed by atoms with Crippen LogP contribution in [0.5, 0.6) is 0 Å². The van der Waals surface area contributed by atoms with Crippen LogP contribution in [0.4, 0.5) is 0 Å². The second-order valence-electron chi connectivity index (χ2n) is 5.89. The van der Waals surface area contributed by atoms with Gasteiger partial charge in [-0.1, -0.05) is 32.9 Å². The Morgan fingerprint density at radius 2 is 2.06 bits per heavy atom. The third-order valence-corrected chi connectivity index (χ3v) is 3.36. The van der Waals surface area contributed by atoms with E-state index in [2.05, 4.69) is 12.6 Å². The lowest BCUT2D eigenvalue weighted by Gasteiger charge is -2.27. The van der Waals surface area contributed by atoms with Crippen LogP contribution in [0.15, 0.2) is 12.2 Å². The normalized spacial score (nSPS) is 27.4. The second-order valence-corrected chi connectivity index (χ2v) is 6.34. The highest BCUT2D eigenvalue weighted by Gasteiger charge is 2.30. The standard InChI is InChI=1S/C14H24O3S/c1-14(2,3)12(15)10-6-4-5-7-11(9-8-10)17-13(16)18/h5,7,10-11,13,16,18H,4,6,8-9H2,1-3H3. The fourth-order valence-corrected chi connectivity index (χ4v) is 2.45. The van der Waals surface area contributed by atoms with Gasteiger partial charge in [-0.2, -0.15) is 0 Å². The Morgan fingerprint density at radius 3 is 2.61 bits per heavy atom. The molecule has 0 fully saturated rings. The third-order valence-electron chi connectivity index (χ3n) is 3.24. The summed E-state index contributed by atoms with van der Waals surface area (Å²) in [5, 5.41) is 9.11. The first kappa shape index (κ1) is 15.7. The number of aliphatic hydroxyl groups excluding tert-OH is 1. The molecule has 4 heteroatoms. The number of aliphatic hydroxyl groups is 1. The Morgan fingerprint density at radius 1 is 1.39 bits per heavy atom. The summed E-state index contributed by atoms with van der Waals surface area (Å²) in [6.07, 6.45) is 7.19. The number of Topliss-reactive ketones (excluding diaryl/α,β-unsaturated/α-hetero) is 1. The summed E-state index contributed by atoms with van der Waals surface area (Å²) < 4.78 is 5.26. The van der Waals surface area contributed by atoms with Crippen LogP contribution in [0.3, 0.4) is 0 Å². The summed E-state index contributed by atoms with van der Waals surface area (Å²) in [4.78, 5) is 12.3. The molecule has 3 unspecified atom stereocenters. The fourth-order valence-electron chi connectivity index (χ4n) is 2.30. The zero-order valence-corrected chi connectivity index (χ0v) is 12.3. The largest absolute Gasteiger partial charge is 0.360 e. The van der Waals surface area contributed by atoms with Crippen molar-refractivity contribution in [1.82, 2.24) is 0 Å². The highest BCUT2D eigenvalue weighted by Crippen LogP contribution is 2.29. The van der Waals surface area contributed by atoms with E-state index in [-0.39, 0.29) is 17.4 Å². The van der Waals surface area contributed by atoms with Crippen LogP contribution in [0, 0.1) is 11.3 Å². The van der Waals surface area contributed by atoms with Gasteiger partial charge in [0, 0.05) is 11.3 Å². The number of carbonyl (C=O) groups is 1. The molecule has 0 aromatic heterocycles. The maximum absolute atomic E-state index is 12.3. The third kappa shape index (κ3) is 5.12. The van der Waals surface area contributed by atoms with Gasteiger partial charge < -0.3 is 9.84 Å². The Bertz CT molecular complexity index is 305. The SMILES string of the molecule is CC(C)(C)C(=O)C1CCC=CC(OC(O)S)CC1. The number of thiol groups is 1. The average molecular weight is 272 g/mol. The molecule has 1 rings (SSSR count). The van der Waals surface area contributed by atoms with E-state index in [1.54, 1.807) is 0 Å². The fraction of sp³-hybridized carbons (Fsp3) is 0.786. The molecule has 0 radical (unpaired) electrons. The summed E-state index contributed by atoms with van der Waals surface area (Å²) in [5.74, 6) is 0.418. The molecule has 3 nitrogen and oxygen atoms in total. The van der Waals surface area contributed by atoms with Gasteiger partial charge in [-0.25, -0.2) is 0 Å². The highest BCUT2D eigenvalue weighted by atomic mass is 32.1. The van der Waals surface area contributed by atoms with Gasteiger partial charge in [0.2, 0.25) is 5.62 Å². The van der Waals surface area contributed by atoms with Crippen LogP contribution in [0.2, 0.25) is 0 Å². The number of allylic oxidation sites excluding steroid dienone is 1. The Hall–Kier alpha value is -0.320. The van der Waals surface area contributed by atoms with Gasteiger partial charge in [0.05, 0.1) is 6.10 Å². The monoisotopic (exact) mass is 272 g/mol. The first-order valence-electron chi connectivity index (χ1n) is 6.53. The van der Waals surface area contributed by atoms with E-state index in [9.17, 15) is 4.79 Å². The van der Waals surface area contributed by atoms with Crippen molar-refractivity contribution in [2.24, 2.45) is 11.3 Å². The van der Waals surface area contributed by atoms with Crippen LogP contribution in [0.1, 0.15) is 46.5 Å². The predicted molar refractivity (Wildman–Crippen MR) is 75.4 cm³/mol. The van der Waals surface area contributed by atoms with Gasteiger partial charge in [-0.15, -0.1) is 12.6 Å². The van der Waals surface area contributed by atoms with E-state index in [4.69, 9.17) is 9.84 Å². The maximum atomic E-state index is 12.3. The van der Waals surface area contributed by atoms with Crippen LogP contribution < -0.4 is 0 Å². The van der Waals surface area contributed by atoms with E-state index in [1.807, 2.05) is 32.9 Å². The molecule has 0 bridgehead atoms. The average Bonchev–Trinajstić information content (AvgIpc) is 2.20. The maximum Gasteiger partial charge on any atom is 0.202 e. The molecule has 3 atom stereocenters. The molecule has 0 aromatic carbocycles. The van der Waals surface area contributed by atoms with Crippen LogP contribution >= 0.6 is 12.6 Å². The van der Waals surface area contributed by atoms with E-state index < -0.39 is 5.62 Å². The van der Waals surface area contributed by atoms with Crippen molar-refractivity contribution < 1.29 is 14.6 Å². The zero-order chi connectivity index (χ0) is 13.8. The molecule has 104 valence electrons. The number of ether oxygens (including phenoxy) is 1. The number of hydrogen-bond acceptors (Lipinski definition) is 4. The molecule has 0 heterocycles. The summed E-state index contributed by atoms with van der Waals surface area (Å²) in [5.41, 5.74) is -1.34. The van der Waals surface area contributed by atoms with Gasteiger partial charge in [0.15, 0.2) is 0 Å². The van der Waals surface area contributed by atoms with Crippen molar-refractivity contribution in [3.63, 3.8) is 0 Å². The summed E-state index contributed by atoms with van der Waals surface area (Å²) in [7, 11) is 0. The van der Waals surface area contributed by atoms with Crippen LogP contribution in [-0.4, -0.2) is 22.6 Å². The highest BCUT2D eigenvalue weighted by molar-refractivity contribution is 7.80. The Labute approximate surface area is 115 Å². The molecule has 0 spiro atoms. The second kappa shape index (κ2) is 6.73. The van der Waals surface area contributed by atoms with Crippen LogP contribution in [0.25, 0.3) is 0 Å². The lowest BCUT2D eigenvalue weighted by Crippen LogP contribution is -2.30. The molecule has 0 aromatic rings. The lowest BCUT2D eigenvalue weighted by molar-refractivity contribution is -0.131. The van der Waals surface area contributed by atoms with Crippen molar-refractivity contribution in [3.8, 4) is 0 Å². The quantitative estimate of drug-likeness (QED) is 0.472. The van der Waals surface area contributed by atoms with E-state index in [1.165, 1.54) is 0 Å². The zero-order valence-electron chi connectivity index (χ0n) is 11.4. The lowest BCUT2D eigenvalue weighted by atomic mass is 9.78. The summed E-state index contributed by atoms with van der Waals surface area (Å²) in [6.45, 7) is 5.90. The molecule has 1 aliphatic rings. The van der Waals surface area contributed by atoms with Gasteiger partial charge in [0.1, 0.15) is 5.78 Å². The molecule has 0 saturated heterocycles. The molecule has 0 saturated carbocycles. The topological polar surface area (TPSA) is 46.5 Å². The minimum atomic E-state index is -1.06. The first-order chi connectivity index (χ1) is 8.30. The number of carbonyl (C=O) groups excluding carboxylic acids is 1. The molecule has 1 N–H and O–H groups in total. The van der Waals surface area contributed by atoms with E-state index >= 15 is 0 Å². The summed E-state index contributed by atoms with van der Waals surface area (Å²) in [6, 6.07) is 0. The number of rotatable bonds is 3. The Balaban J connectivity index is 2.61. The van der Waals surface area contributed by atoms with Crippen LogP contribution in [-0.2, 0) is 9.53 Å². The first-order valence-corrected chi connectivity index (χ1v) is 7.05. The minimum absolute atomic E-state index is 0.0955. The van der Waals surface area contributed by atoms with Crippen molar-refractivity contribution in [2.75, 3.05) is 0 Å². The number of hydrogen-bond donors (Lipinski definition) is 2. The molecule has 1 aliphatic carbocycles. The Kier molecular flexibility index (Phi) is 5.89. The van der Waals surface area contributed by atoms with Gasteiger partial charge in [-0.05, 0) is 25.7 Å². The minimum Gasteiger partial charge on any atom is -0.360 e. The van der Waals surface area contributed by atoms with Crippen molar-refractivity contribution in [3.05, 3.63) is 12.2 Å². The number of ketones is 1. The van der Waals surface area contributed by atoms with Gasteiger partial charge in [-0.3, -0.25) is 4.79 Å². The molecule has 18 heavy (non-hydrogen) atoms. The van der Waals surface area contributed by atoms with Crippen molar-refractivity contribution >= 4 is 18.4 Å². The molecule has 0 amide bonds. The van der Waals surface area contributed by atoms with Crippen molar-refractivity contribution in [2.45, 2.75) is 58.2 Å². The van der Waals surface area contributed by atoms with Gasteiger partial charge in [0.25, 0.3) is 0 Å². The molecule has 0 aliphatic heterocycles. The predicted octanol–water partition coefficient (Wildman–Crippen LogP) is 2.94.